The van der Waals surface area contributed by atoms with E-state index in [0.29, 0.717) is 0 Å². The molecule has 0 bridgehead atoms. The number of carbonyl (C=O) groups is 1. The Labute approximate surface area is 211 Å². The van der Waals surface area contributed by atoms with Crippen LogP contribution in [0.25, 0.3) is 0 Å². The van der Waals surface area contributed by atoms with E-state index in [1.807, 2.05) is 115 Å². The van der Waals surface area contributed by atoms with Crippen molar-refractivity contribution in [3.63, 3.8) is 0 Å². The Bertz CT molecular complexity index is 1330. The maximum Gasteiger partial charge on any atom is 0.252 e. The van der Waals surface area contributed by atoms with Gasteiger partial charge in [0.25, 0.3) is 5.91 Å². The molecule has 4 aromatic rings. The van der Waals surface area contributed by atoms with Gasteiger partial charge in [-0.3, -0.25) is 14.7 Å². The summed E-state index contributed by atoms with van der Waals surface area (Å²) >= 11 is 0. The van der Waals surface area contributed by atoms with Crippen LogP contribution in [0.3, 0.4) is 0 Å². The zero-order valence-corrected chi connectivity index (χ0v) is 20.6. The second kappa shape index (κ2) is 10.1. The highest BCUT2D eigenvalue weighted by Gasteiger charge is 2.35. The Hall–Kier alpha value is -4.38. The number of fused-ring (bicyclic) bond motifs is 1. The first-order valence-corrected chi connectivity index (χ1v) is 11.9. The van der Waals surface area contributed by atoms with Gasteiger partial charge in [0, 0.05) is 11.1 Å². The summed E-state index contributed by atoms with van der Waals surface area (Å²) in [6.07, 6.45) is 0. The molecule has 0 saturated carbocycles. The maximum absolute atomic E-state index is 14.1. The molecule has 0 radical (unpaired) electrons. The van der Waals surface area contributed by atoms with Crippen molar-refractivity contribution < 1.29 is 14.3 Å². The summed E-state index contributed by atoms with van der Waals surface area (Å²) in [6, 6.07) is 32.9. The van der Waals surface area contributed by atoms with Gasteiger partial charge in [-0.05, 0) is 48.4 Å². The summed E-state index contributed by atoms with van der Waals surface area (Å²) in [5.41, 5.74) is 5.49. The number of methoxy groups -OCH3 is 2. The highest BCUT2D eigenvalue weighted by Crippen LogP contribution is 2.39. The van der Waals surface area contributed by atoms with Gasteiger partial charge in [-0.1, -0.05) is 72.8 Å². The van der Waals surface area contributed by atoms with Crippen LogP contribution in [0.1, 0.15) is 35.2 Å². The standard InChI is InChI=1S/C31H28N2O3/c1-21-31(34)33(28-12-8-7-11-27(28)29(32-21)22-9-5-4-6-10-22)30(23-13-17-25(35-2)18-14-23)24-15-19-26(36-3)20-16-24/h4-21,30H,1-3H3/t21-/m0/s1. The minimum atomic E-state index is -0.563. The zero-order valence-electron chi connectivity index (χ0n) is 20.6. The molecule has 4 aromatic carbocycles. The van der Waals surface area contributed by atoms with Crippen molar-refractivity contribution in [1.29, 1.82) is 0 Å². The number of benzodiazepines with no additional fused rings is 1. The lowest BCUT2D eigenvalue weighted by Gasteiger charge is -2.34. The third kappa shape index (κ3) is 4.36. The topological polar surface area (TPSA) is 51.1 Å². The third-order valence-electron chi connectivity index (χ3n) is 6.50. The van der Waals surface area contributed by atoms with Crippen LogP contribution in [0.15, 0.2) is 108 Å². The molecule has 5 rings (SSSR count). The lowest BCUT2D eigenvalue weighted by molar-refractivity contribution is -0.119. The van der Waals surface area contributed by atoms with Crippen molar-refractivity contribution in [3.8, 4) is 11.5 Å². The van der Waals surface area contributed by atoms with Crippen LogP contribution in [0.2, 0.25) is 0 Å². The minimum absolute atomic E-state index is 0.0648. The van der Waals surface area contributed by atoms with E-state index in [9.17, 15) is 4.79 Å². The summed E-state index contributed by atoms with van der Waals surface area (Å²) < 4.78 is 10.8. The summed E-state index contributed by atoms with van der Waals surface area (Å²) in [4.78, 5) is 20.9. The van der Waals surface area contributed by atoms with Gasteiger partial charge in [0.05, 0.1) is 31.7 Å². The molecule has 1 aliphatic rings. The molecular weight excluding hydrogens is 448 g/mol. The first-order chi connectivity index (χ1) is 17.6. The Morgan fingerprint density at radius 1 is 0.722 bits per heavy atom. The Kier molecular flexibility index (Phi) is 6.54. The second-order valence-electron chi connectivity index (χ2n) is 8.69. The van der Waals surface area contributed by atoms with Gasteiger partial charge in [-0.25, -0.2) is 0 Å². The van der Waals surface area contributed by atoms with Crippen LogP contribution < -0.4 is 14.4 Å². The van der Waals surface area contributed by atoms with Gasteiger partial charge in [-0.2, -0.15) is 0 Å². The van der Waals surface area contributed by atoms with E-state index in [-0.39, 0.29) is 11.9 Å². The summed E-state index contributed by atoms with van der Waals surface area (Å²) in [5.74, 6) is 1.46. The van der Waals surface area contributed by atoms with Gasteiger partial charge in [-0.15, -0.1) is 0 Å². The number of anilines is 1. The number of ether oxygens (including phenoxy) is 2. The largest absolute Gasteiger partial charge is 0.497 e. The van der Waals surface area contributed by atoms with Gasteiger partial charge in [0.2, 0.25) is 0 Å². The Morgan fingerprint density at radius 3 is 1.81 bits per heavy atom. The van der Waals surface area contributed by atoms with Crippen molar-refractivity contribution in [2.75, 3.05) is 19.1 Å². The molecule has 1 aliphatic heterocycles. The van der Waals surface area contributed by atoms with Crippen LogP contribution in [-0.4, -0.2) is 31.9 Å². The number of benzene rings is 4. The lowest BCUT2D eigenvalue weighted by Crippen LogP contribution is -2.40. The average molecular weight is 477 g/mol. The molecule has 0 fully saturated rings. The van der Waals surface area contributed by atoms with Crippen molar-refractivity contribution in [3.05, 3.63) is 125 Å². The normalized spacial score (nSPS) is 15.2. The molecule has 1 amide bonds. The van der Waals surface area contributed by atoms with Crippen LogP contribution >= 0.6 is 0 Å². The molecular formula is C31H28N2O3. The van der Waals surface area contributed by atoms with E-state index >= 15 is 0 Å². The second-order valence-corrected chi connectivity index (χ2v) is 8.69. The SMILES string of the molecule is COc1ccc(C(c2ccc(OC)cc2)N2C(=O)[C@H](C)N=C(c3ccccc3)c3ccccc32)cc1. The van der Waals surface area contributed by atoms with Crippen molar-refractivity contribution in [2.45, 2.75) is 19.0 Å². The van der Waals surface area contributed by atoms with Crippen LogP contribution in [0.5, 0.6) is 11.5 Å². The van der Waals surface area contributed by atoms with Crippen LogP contribution in [0, 0.1) is 0 Å². The van der Waals surface area contributed by atoms with E-state index in [4.69, 9.17) is 14.5 Å². The van der Waals surface area contributed by atoms with Gasteiger partial charge in [0.15, 0.2) is 0 Å². The van der Waals surface area contributed by atoms with E-state index in [0.717, 1.165) is 45.2 Å². The molecule has 180 valence electrons. The fraction of sp³-hybridized carbons (Fsp3) is 0.161. The fourth-order valence-corrected chi connectivity index (χ4v) is 4.68. The molecule has 0 spiro atoms. The first kappa shape index (κ1) is 23.4. The molecule has 1 atom stereocenters. The van der Waals surface area contributed by atoms with Crippen LogP contribution in [0.4, 0.5) is 5.69 Å². The number of nitrogens with zero attached hydrogens (tertiary/aromatic N) is 2. The molecule has 36 heavy (non-hydrogen) atoms. The number of carbonyl (C=O) groups excluding carboxylic acids is 1. The molecule has 0 saturated heterocycles. The smallest absolute Gasteiger partial charge is 0.252 e. The van der Waals surface area contributed by atoms with E-state index < -0.39 is 6.04 Å². The minimum Gasteiger partial charge on any atom is -0.497 e. The lowest BCUT2D eigenvalue weighted by atomic mass is 9.94. The first-order valence-electron chi connectivity index (χ1n) is 11.9. The van der Waals surface area contributed by atoms with Crippen LogP contribution in [-0.2, 0) is 4.79 Å². The zero-order chi connectivity index (χ0) is 25.1. The highest BCUT2D eigenvalue weighted by atomic mass is 16.5. The quantitative estimate of drug-likeness (QED) is 0.340. The van der Waals surface area contributed by atoms with Gasteiger partial charge >= 0.3 is 0 Å². The number of rotatable bonds is 6. The van der Waals surface area contributed by atoms with Crippen molar-refractivity contribution >= 4 is 17.3 Å². The van der Waals surface area contributed by atoms with E-state index in [2.05, 4.69) is 0 Å². The predicted molar refractivity (Wildman–Crippen MR) is 143 cm³/mol. The van der Waals surface area contributed by atoms with E-state index in [1.54, 1.807) is 14.2 Å². The maximum atomic E-state index is 14.1. The van der Waals surface area contributed by atoms with Gasteiger partial charge < -0.3 is 9.47 Å². The fourth-order valence-electron chi connectivity index (χ4n) is 4.68. The summed E-state index contributed by atoms with van der Waals surface area (Å²) in [6.45, 7) is 1.86. The third-order valence-corrected chi connectivity index (χ3v) is 6.50. The Balaban J connectivity index is 1.72. The average Bonchev–Trinajstić information content (AvgIpc) is 3.05. The molecule has 0 unspecified atom stereocenters. The number of hydrogen-bond acceptors (Lipinski definition) is 4. The molecule has 1 heterocycles. The monoisotopic (exact) mass is 476 g/mol. The van der Waals surface area contributed by atoms with Crippen molar-refractivity contribution in [1.82, 2.24) is 0 Å². The molecule has 5 nitrogen and oxygen atoms in total. The summed E-state index contributed by atoms with van der Waals surface area (Å²) in [7, 11) is 3.29. The highest BCUT2D eigenvalue weighted by molar-refractivity contribution is 6.20. The predicted octanol–water partition coefficient (Wildman–Crippen LogP) is 6.07. The number of aliphatic imine (C=N–C) groups is 1. The van der Waals surface area contributed by atoms with Crippen molar-refractivity contribution in [2.24, 2.45) is 4.99 Å². The number of para-hydroxylation sites is 1. The molecule has 0 N–H and O–H groups in total. The van der Waals surface area contributed by atoms with Gasteiger partial charge in [0.1, 0.15) is 17.5 Å². The summed E-state index contributed by atoms with van der Waals surface area (Å²) in [5, 5.41) is 0. The number of amides is 1. The van der Waals surface area contributed by atoms with E-state index in [1.165, 1.54) is 0 Å². The molecule has 5 heteroatoms. The number of hydrogen-bond donors (Lipinski definition) is 0. The Morgan fingerprint density at radius 2 is 1.25 bits per heavy atom. The molecule has 0 aliphatic carbocycles. The molecule has 0 aromatic heterocycles.